The monoisotopic (exact) mass is 457 g/mol. The summed E-state index contributed by atoms with van der Waals surface area (Å²) in [5.41, 5.74) is 3.15. The lowest BCUT2D eigenvalue weighted by molar-refractivity contribution is -0.153. The molecular formula is C23H27N3O7. The van der Waals surface area contributed by atoms with Crippen molar-refractivity contribution in [3.8, 4) is 5.75 Å². The number of rotatable bonds is 3. The molecule has 10 heteroatoms. The molecule has 3 unspecified atom stereocenters. The van der Waals surface area contributed by atoms with Crippen LogP contribution < -0.4 is 10.6 Å². The lowest BCUT2D eigenvalue weighted by atomic mass is 9.57. The number of primary amides is 1. The van der Waals surface area contributed by atoms with E-state index in [-0.39, 0.29) is 29.7 Å². The predicted octanol–water partition coefficient (Wildman–Crippen LogP) is 0.0300. The average molecular weight is 457 g/mol. The maximum Gasteiger partial charge on any atom is 0.255 e. The van der Waals surface area contributed by atoms with Crippen molar-refractivity contribution >= 4 is 28.9 Å². The quantitative estimate of drug-likeness (QED) is 0.394. The highest BCUT2D eigenvalue weighted by atomic mass is 16.3. The number of nitrogens with zero attached hydrogens (tertiary/aromatic N) is 2. The molecule has 0 bridgehead atoms. The van der Waals surface area contributed by atoms with E-state index in [0.717, 1.165) is 5.69 Å². The van der Waals surface area contributed by atoms with Crippen LogP contribution in [0.4, 0.5) is 5.69 Å². The van der Waals surface area contributed by atoms with Gasteiger partial charge in [0.05, 0.1) is 11.6 Å². The fourth-order valence-corrected chi connectivity index (χ4v) is 5.65. The summed E-state index contributed by atoms with van der Waals surface area (Å²) >= 11 is 0. The first kappa shape index (κ1) is 22.8. The van der Waals surface area contributed by atoms with Crippen molar-refractivity contribution in [3.63, 3.8) is 0 Å². The zero-order chi connectivity index (χ0) is 24.6. The Kier molecular flexibility index (Phi) is 5.06. The number of anilines is 1. The fourth-order valence-electron chi connectivity index (χ4n) is 5.65. The van der Waals surface area contributed by atoms with Crippen molar-refractivity contribution < 1.29 is 34.8 Å². The van der Waals surface area contributed by atoms with E-state index < -0.39 is 58.0 Å². The van der Waals surface area contributed by atoms with E-state index in [1.54, 1.807) is 20.2 Å². The van der Waals surface area contributed by atoms with E-state index in [1.165, 1.54) is 11.0 Å². The van der Waals surface area contributed by atoms with E-state index in [9.17, 15) is 34.8 Å². The number of phenols is 1. The van der Waals surface area contributed by atoms with Gasteiger partial charge in [-0.05, 0) is 50.6 Å². The number of aliphatic hydroxyl groups is 3. The van der Waals surface area contributed by atoms with Crippen molar-refractivity contribution in [3.05, 3.63) is 40.2 Å². The standard InChI is InChI=1S/C23H27N3O7/c1-25(2)12-5-6-13(27)15-10(12)7-9-8-11-17(26(3)4)19(29)16(22(24)32)21(31)23(11,33)20(30)14(9)18(15)28/h5-6,9,11,17,27-28,31,33H,7-8H2,1-4H3,(H2,24,32)/t9?,11?,17-,23?/m0/s1. The third-order valence-corrected chi connectivity index (χ3v) is 7.06. The highest BCUT2D eigenvalue weighted by Crippen LogP contribution is 2.53. The molecule has 3 aliphatic carbocycles. The van der Waals surface area contributed by atoms with Crippen LogP contribution in [0.1, 0.15) is 17.5 Å². The number of amides is 1. The first-order chi connectivity index (χ1) is 15.3. The number of carbonyl (C=O) groups excluding carboxylic acids is 3. The second-order valence-corrected chi connectivity index (χ2v) is 9.31. The number of hydrogen-bond donors (Lipinski definition) is 5. The lowest BCUT2D eigenvalue weighted by Crippen LogP contribution is -2.65. The summed E-state index contributed by atoms with van der Waals surface area (Å²) in [6.45, 7) is 0. The molecule has 0 aliphatic heterocycles. The van der Waals surface area contributed by atoms with Crippen LogP contribution in [0.25, 0.3) is 5.76 Å². The lowest BCUT2D eigenvalue weighted by Gasteiger charge is -2.50. The number of fused-ring (bicyclic) bond motifs is 3. The summed E-state index contributed by atoms with van der Waals surface area (Å²) < 4.78 is 0. The molecule has 4 rings (SSSR count). The van der Waals surface area contributed by atoms with Gasteiger partial charge in [-0.3, -0.25) is 19.3 Å². The Morgan fingerprint density at radius 1 is 1.12 bits per heavy atom. The molecule has 1 fully saturated rings. The number of nitrogens with two attached hydrogens (primary N) is 1. The van der Waals surface area contributed by atoms with Gasteiger partial charge >= 0.3 is 0 Å². The largest absolute Gasteiger partial charge is 0.508 e. The summed E-state index contributed by atoms with van der Waals surface area (Å²) in [4.78, 5) is 42.0. The van der Waals surface area contributed by atoms with Gasteiger partial charge in [-0.1, -0.05) is 0 Å². The van der Waals surface area contributed by atoms with Crippen LogP contribution in [0.2, 0.25) is 0 Å². The van der Waals surface area contributed by atoms with Gasteiger partial charge < -0.3 is 31.1 Å². The van der Waals surface area contributed by atoms with Crippen molar-refractivity contribution in [2.75, 3.05) is 33.1 Å². The number of hydrogen-bond acceptors (Lipinski definition) is 9. The van der Waals surface area contributed by atoms with Crippen LogP contribution in [0.3, 0.4) is 0 Å². The van der Waals surface area contributed by atoms with E-state index in [0.29, 0.717) is 5.56 Å². The summed E-state index contributed by atoms with van der Waals surface area (Å²) in [7, 11) is 6.75. The normalized spacial score (nSPS) is 29.1. The molecule has 0 spiro atoms. The zero-order valence-corrected chi connectivity index (χ0v) is 18.8. The van der Waals surface area contributed by atoms with Gasteiger partial charge in [0.15, 0.2) is 11.4 Å². The average Bonchev–Trinajstić information content (AvgIpc) is 2.70. The third-order valence-electron chi connectivity index (χ3n) is 7.06. The van der Waals surface area contributed by atoms with E-state index in [2.05, 4.69) is 0 Å². The predicted molar refractivity (Wildman–Crippen MR) is 119 cm³/mol. The van der Waals surface area contributed by atoms with Gasteiger partial charge in [-0.2, -0.15) is 0 Å². The van der Waals surface area contributed by atoms with Crippen molar-refractivity contribution in [1.82, 2.24) is 4.90 Å². The number of phenolic OH excluding ortho intramolecular Hbond substituents is 1. The molecule has 6 N–H and O–H groups in total. The minimum atomic E-state index is -2.63. The van der Waals surface area contributed by atoms with Gasteiger partial charge in [0.2, 0.25) is 5.78 Å². The van der Waals surface area contributed by atoms with Crippen molar-refractivity contribution in [2.24, 2.45) is 17.6 Å². The second-order valence-electron chi connectivity index (χ2n) is 9.31. The summed E-state index contributed by atoms with van der Waals surface area (Å²) in [5.74, 6) is -6.54. The number of Topliss-reactive ketones (excluding diaryl/α,β-unsaturated/α-hetero) is 2. The number of ketones is 2. The first-order valence-electron chi connectivity index (χ1n) is 10.5. The Bertz CT molecular complexity index is 1170. The molecule has 176 valence electrons. The Labute approximate surface area is 190 Å². The molecule has 0 heterocycles. The molecule has 0 aromatic heterocycles. The number of aliphatic hydroxyl groups excluding tert-OH is 2. The maximum atomic E-state index is 13.7. The van der Waals surface area contributed by atoms with E-state index in [4.69, 9.17) is 5.73 Å². The summed E-state index contributed by atoms with van der Waals surface area (Å²) in [6.07, 6.45) is 0.324. The van der Waals surface area contributed by atoms with Crippen LogP contribution in [0, 0.1) is 11.8 Å². The molecule has 0 radical (unpaired) electrons. The molecule has 33 heavy (non-hydrogen) atoms. The summed E-state index contributed by atoms with van der Waals surface area (Å²) in [6, 6.07) is 2.01. The van der Waals surface area contributed by atoms with Gasteiger partial charge in [0, 0.05) is 31.3 Å². The van der Waals surface area contributed by atoms with Crippen LogP contribution in [-0.4, -0.2) is 82.6 Å². The Morgan fingerprint density at radius 3 is 2.30 bits per heavy atom. The zero-order valence-electron chi connectivity index (χ0n) is 18.8. The minimum Gasteiger partial charge on any atom is -0.508 e. The van der Waals surface area contributed by atoms with Crippen LogP contribution in [-0.2, 0) is 20.8 Å². The molecule has 1 aromatic carbocycles. The maximum absolute atomic E-state index is 13.7. The van der Waals surface area contributed by atoms with Gasteiger partial charge in [-0.15, -0.1) is 0 Å². The number of benzene rings is 1. The smallest absolute Gasteiger partial charge is 0.255 e. The fraction of sp³-hybridized carbons (Fsp3) is 0.435. The number of aromatic hydroxyl groups is 1. The highest BCUT2D eigenvalue weighted by Gasteiger charge is 2.64. The number of likely N-dealkylation sites (N-methyl/N-ethyl adjacent to an activating group) is 1. The van der Waals surface area contributed by atoms with Crippen molar-refractivity contribution in [2.45, 2.75) is 24.5 Å². The van der Waals surface area contributed by atoms with Gasteiger partial charge in [0.25, 0.3) is 5.91 Å². The third kappa shape index (κ3) is 2.90. The van der Waals surface area contributed by atoms with Crippen molar-refractivity contribution in [1.29, 1.82) is 0 Å². The Balaban J connectivity index is 1.99. The van der Waals surface area contributed by atoms with Crippen LogP contribution in [0.15, 0.2) is 29.0 Å². The van der Waals surface area contributed by atoms with Crippen LogP contribution in [0.5, 0.6) is 5.75 Å². The SMILES string of the molecule is CN(C)c1ccc(O)c2c1CC1CC3[C@H](N(C)C)C(=O)C(C(N)=O)=C(O)C3(O)C(=O)C1=C2O. The molecule has 1 amide bonds. The van der Waals surface area contributed by atoms with Gasteiger partial charge in [0.1, 0.15) is 22.8 Å². The van der Waals surface area contributed by atoms with Gasteiger partial charge in [-0.25, -0.2) is 0 Å². The molecule has 4 atom stereocenters. The highest BCUT2D eigenvalue weighted by molar-refractivity contribution is 6.24. The molecule has 3 aliphatic rings. The van der Waals surface area contributed by atoms with E-state index in [1.807, 2.05) is 19.0 Å². The molecule has 1 saturated carbocycles. The molecule has 0 saturated heterocycles. The first-order valence-corrected chi connectivity index (χ1v) is 10.5. The Morgan fingerprint density at radius 2 is 1.76 bits per heavy atom. The Hall–Kier alpha value is -3.37. The molecule has 10 nitrogen and oxygen atoms in total. The van der Waals surface area contributed by atoms with E-state index >= 15 is 0 Å². The minimum absolute atomic E-state index is 0.0638. The number of carbonyl (C=O) groups is 3. The van der Waals surface area contributed by atoms with Crippen LogP contribution >= 0.6 is 0 Å². The molecular weight excluding hydrogens is 430 g/mol. The molecule has 1 aromatic rings. The second kappa shape index (κ2) is 7.32. The topological polar surface area (TPSA) is 165 Å². The summed E-state index contributed by atoms with van der Waals surface area (Å²) in [5, 5.41) is 43.9.